The van der Waals surface area contributed by atoms with E-state index in [1.807, 2.05) is 37.4 Å². The van der Waals surface area contributed by atoms with Gasteiger partial charge in [0.25, 0.3) is 0 Å². The third-order valence-corrected chi connectivity index (χ3v) is 6.43. The Morgan fingerprint density at radius 3 is 2.61 bits per heavy atom. The minimum atomic E-state index is -0.352. The fourth-order valence-corrected chi connectivity index (χ4v) is 4.94. The number of aliphatic hydroxyl groups excluding tert-OH is 1. The molecule has 7 nitrogen and oxygen atoms in total. The normalized spacial score (nSPS) is 20.1. The molecule has 5 rings (SSSR count). The Morgan fingerprint density at radius 2 is 1.90 bits per heavy atom. The molecule has 1 aromatic heterocycles. The first kappa shape index (κ1) is 19.8. The number of amides is 1. The lowest BCUT2D eigenvalue weighted by Gasteiger charge is -2.42. The Balaban J connectivity index is 1.63. The highest BCUT2D eigenvalue weighted by atomic mass is 16.5. The number of nitrogens with zero attached hydrogens (tertiary/aromatic N) is 3. The van der Waals surface area contributed by atoms with Gasteiger partial charge in [-0.3, -0.25) is 9.69 Å². The maximum atomic E-state index is 13.0. The van der Waals surface area contributed by atoms with Crippen LogP contribution in [0.4, 0.5) is 0 Å². The molecule has 0 radical (unpaired) electrons. The topological polar surface area (TPSA) is 75.0 Å². The van der Waals surface area contributed by atoms with Crippen LogP contribution in [0.25, 0.3) is 10.9 Å². The van der Waals surface area contributed by atoms with E-state index in [0.29, 0.717) is 18.8 Å². The zero-order chi connectivity index (χ0) is 21.7. The maximum Gasteiger partial charge on any atom is 0.337 e. The van der Waals surface area contributed by atoms with E-state index in [1.165, 1.54) is 7.11 Å². The van der Waals surface area contributed by atoms with Crippen LogP contribution in [-0.4, -0.2) is 58.7 Å². The molecular formula is C24H25N3O4. The molecule has 2 aromatic carbocycles. The highest BCUT2D eigenvalue weighted by Crippen LogP contribution is 2.40. The Bertz CT molecular complexity index is 1180. The van der Waals surface area contributed by atoms with E-state index in [4.69, 9.17) is 4.74 Å². The largest absolute Gasteiger partial charge is 0.465 e. The lowest BCUT2D eigenvalue weighted by molar-refractivity contribution is -0.139. The molecule has 7 heteroatoms. The highest BCUT2D eigenvalue weighted by Gasteiger charge is 2.40. The minimum absolute atomic E-state index is 0.0322. The van der Waals surface area contributed by atoms with Gasteiger partial charge in [-0.15, -0.1) is 0 Å². The molecule has 3 aromatic rings. The van der Waals surface area contributed by atoms with Crippen LogP contribution < -0.4 is 0 Å². The van der Waals surface area contributed by atoms with Crippen molar-refractivity contribution in [2.45, 2.75) is 25.6 Å². The molecule has 160 valence electrons. The minimum Gasteiger partial charge on any atom is -0.465 e. The van der Waals surface area contributed by atoms with E-state index in [-0.39, 0.29) is 24.4 Å². The monoisotopic (exact) mass is 419 g/mol. The summed E-state index contributed by atoms with van der Waals surface area (Å²) in [6, 6.07) is 13.4. The molecule has 2 unspecified atom stereocenters. The number of likely N-dealkylation sites (N-methyl/N-ethyl adjacent to an activating group) is 1. The van der Waals surface area contributed by atoms with Crippen molar-refractivity contribution in [1.29, 1.82) is 0 Å². The molecular weight excluding hydrogens is 394 g/mol. The van der Waals surface area contributed by atoms with Crippen molar-refractivity contribution >= 4 is 22.8 Å². The van der Waals surface area contributed by atoms with Crippen LogP contribution in [-0.2, 0) is 29.2 Å². The molecule has 31 heavy (non-hydrogen) atoms. The SMILES string of the molecule is COC(=O)c1ccc(Cn2c3c(c4cc(CO)ccc42)C2CN(C3)CN(C)C2=O)cc1. The summed E-state index contributed by atoms with van der Waals surface area (Å²) in [6.45, 7) is 2.73. The van der Waals surface area contributed by atoms with Gasteiger partial charge in [0.05, 0.1) is 31.9 Å². The van der Waals surface area contributed by atoms with E-state index in [0.717, 1.165) is 46.4 Å². The van der Waals surface area contributed by atoms with Gasteiger partial charge >= 0.3 is 5.97 Å². The number of fused-ring (bicyclic) bond motifs is 6. The van der Waals surface area contributed by atoms with Crippen molar-refractivity contribution in [1.82, 2.24) is 14.4 Å². The molecule has 2 aliphatic rings. The molecule has 3 heterocycles. The standard InChI is InChI=1S/C24H25N3O4/c1-25-14-26-11-19(23(25)29)22-18-9-16(13-28)5-8-20(18)27(21(22)12-26)10-15-3-6-17(7-4-15)24(30)31-2/h3-9,19,28H,10-14H2,1-2H3. The second kappa shape index (κ2) is 7.51. The summed E-state index contributed by atoms with van der Waals surface area (Å²) in [5, 5.41) is 10.7. The summed E-state index contributed by atoms with van der Waals surface area (Å²) in [6.07, 6.45) is 0. The van der Waals surface area contributed by atoms with Gasteiger partial charge in [0.15, 0.2) is 0 Å². The summed E-state index contributed by atoms with van der Waals surface area (Å²) in [5.41, 5.74) is 5.72. The molecule has 1 amide bonds. The maximum absolute atomic E-state index is 13.0. The third kappa shape index (κ3) is 3.21. The second-order valence-corrected chi connectivity index (χ2v) is 8.39. The third-order valence-electron chi connectivity index (χ3n) is 6.43. The highest BCUT2D eigenvalue weighted by molar-refractivity contribution is 5.95. The van der Waals surface area contributed by atoms with Crippen LogP contribution in [0.15, 0.2) is 42.5 Å². The number of rotatable bonds is 4. The van der Waals surface area contributed by atoms with Crippen molar-refractivity contribution in [3.63, 3.8) is 0 Å². The van der Waals surface area contributed by atoms with Crippen LogP contribution in [0.1, 0.15) is 38.7 Å². The van der Waals surface area contributed by atoms with Gasteiger partial charge < -0.3 is 19.3 Å². The number of hydrogen-bond donors (Lipinski definition) is 1. The average molecular weight is 419 g/mol. The first-order valence-corrected chi connectivity index (χ1v) is 10.4. The molecule has 1 saturated heterocycles. The van der Waals surface area contributed by atoms with E-state index in [1.54, 1.807) is 17.0 Å². The number of benzene rings is 2. The van der Waals surface area contributed by atoms with Crippen LogP contribution in [0.3, 0.4) is 0 Å². The fourth-order valence-electron chi connectivity index (χ4n) is 4.94. The van der Waals surface area contributed by atoms with Crippen molar-refractivity contribution in [3.8, 4) is 0 Å². The predicted molar refractivity (Wildman–Crippen MR) is 116 cm³/mol. The first-order chi connectivity index (χ1) is 15.0. The number of methoxy groups -OCH3 is 1. The molecule has 2 bridgehead atoms. The Hall–Kier alpha value is -3.16. The number of hydrogen-bond acceptors (Lipinski definition) is 5. The fraction of sp³-hybridized carbons (Fsp3) is 0.333. The summed E-state index contributed by atoms with van der Waals surface area (Å²) < 4.78 is 7.07. The predicted octanol–water partition coefficient (Wildman–Crippen LogP) is 2.30. The van der Waals surface area contributed by atoms with Gasteiger partial charge in [0.1, 0.15) is 0 Å². The molecule has 1 fully saturated rings. The van der Waals surface area contributed by atoms with Crippen LogP contribution >= 0.6 is 0 Å². The number of ether oxygens (including phenoxy) is 1. The molecule has 0 saturated carbocycles. The Kier molecular flexibility index (Phi) is 4.79. The zero-order valence-electron chi connectivity index (χ0n) is 17.7. The zero-order valence-corrected chi connectivity index (χ0v) is 17.7. The van der Waals surface area contributed by atoms with Crippen molar-refractivity contribution in [2.75, 3.05) is 27.4 Å². The van der Waals surface area contributed by atoms with Gasteiger partial charge in [-0.2, -0.15) is 0 Å². The lowest BCUT2D eigenvalue weighted by Crippen LogP contribution is -2.52. The summed E-state index contributed by atoms with van der Waals surface area (Å²) in [4.78, 5) is 28.8. The number of aliphatic hydroxyl groups is 1. The lowest BCUT2D eigenvalue weighted by atomic mass is 9.89. The van der Waals surface area contributed by atoms with E-state index in [2.05, 4.69) is 9.47 Å². The van der Waals surface area contributed by atoms with Crippen LogP contribution in [0, 0.1) is 0 Å². The Labute approximate surface area is 180 Å². The quantitative estimate of drug-likeness (QED) is 0.657. The number of carbonyl (C=O) groups is 2. The van der Waals surface area contributed by atoms with Crippen LogP contribution in [0.2, 0.25) is 0 Å². The van der Waals surface area contributed by atoms with Crippen molar-refractivity contribution < 1.29 is 19.4 Å². The van der Waals surface area contributed by atoms with Crippen molar-refractivity contribution in [3.05, 3.63) is 70.4 Å². The number of esters is 1. The molecule has 2 aliphatic heterocycles. The van der Waals surface area contributed by atoms with Gasteiger partial charge in [-0.05, 0) is 41.0 Å². The summed E-state index contributed by atoms with van der Waals surface area (Å²) in [7, 11) is 3.23. The molecule has 2 atom stereocenters. The molecule has 0 spiro atoms. The molecule has 0 aliphatic carbocycles. The Morgan fingerprint density at radius 1 is 1.16 bits per heavy atom. The summed E-state index contributed by atoms with van der Waals surface area (Å²) >= 11 is 0. The number of aromatic nitrogens is 1. The van der Waals surface area contributed by atoms with E-state index >= 15 is 0 Å². The smallest absolute Gasteiger partial charge is 0.337 e. The van der Waals surface area contributed by atoms with Crippen molar-refractivity contribution in [2.24, 2.45) is 0 Å². The van der Waals surface area contributed by atoms with Gasteiger partial charge in [-0.25, -0.2) is 4.79 Å². The number of carbonyl (C=O) groups excluding carboxylic acids is 2. The van der Waals surface area contributed by atoms with Gasteiger partial charge in [0.2, 0.25) is 5.91 Å². The van der Waals surface area contributed by atoms with Gasteiger partial charge in [-0.1, -0.05) is 18.2 Å². The van der Waals surface area contributed by atoms with E-state index < -0.39 is 0 Å². The average Bonchev–Trinajstić information content (AvgIpc) is 3.09. The second-order valence-electron chi connectivity index (χ2n) is 8.39. The van der Waals surface area contributed by atoms with Gasteiger partial charge in [0, 0.05) is 43.3 Å². The summed E-state index contributed by atoms with van der Waals surface area (Å²) in [5.74, 6) is -0.398. The first-order valence-electron chi connectivity index (χ1n) is 10.4. The van der Waals surface area contributed by atoms with Crippen LogP contribution in [0.5, 0.6) is 0 Å². The van der Waals surface area contributed by atoms with E-state index in [9.17, 15) is 14.7 Å². The molecule has 1 N–H and O–H groups in total.